The molecule has 0 fully saturated rings. The van der Waals surface area contributed by atoms with E-state index in [2.05, 4.69) is 27.8 Å². The molecular formula is C11H22N4O3. The highest BCUT2D eigenvalue weighted by Crippen LogP contribution is 2.04. The summed E-state index contributed by atoms with van der Waals surface area (Å²) in [6.07, 6.45) is 1.08. The van der Waals surface area contributed by atoms with Crippen molar-refractivity contribution in [2.75, 3.05) is 45.3 Å². The van der Waals surface area contributed by atoms with Crippen LogP contribution in [0.5, 0.6) is 0 Å². The summed E-state index contributed by atoms with van der Waals surface area (Å²) in [6.45, 7) is 6.06. The minimum absolute atomic E-state index is 0.429. The molecule has 0 aliphatic rings. The van der Waals surface area contributed by atoms with E-state index in [0.717, 1.165) is 13.0 Å². The van der Waals surface area contributed by atoms with Crippen molar-refractivity contribution in [2.24, 2.45) is 0 Å². The van der Waals surface area contributed by atoms with Crippen LogP contribution in [0, 0.1) is 0 Å². The zero-order valence-electron chi connectivity index (χ0n) is 11.1. The SMILES string of the molecule is CCCNCc1nnc(NCCOCCOC)o1. The summed E-state index contributed by atoms with van der Waals surface area (Å²) in [5.41, 5.74) is 0. The molecule has 7 heteroatoms. The maximum absolute atomic E-state index is 5.38. The van der Waals surface area contributed by atoms with Gasteiger partial charge in [-0.1, -0.05) is 12.0 Å². The fraction of sp³-hybridized carbons (Fsp3) is 0.818. The van der Waals surface area contributed by atoms with Gasteiger partial charge in [-0.25, -0.2) is 0 Å². The standard InChI is InChI=1S/C11H22N4O3/c1-3-4-12-9-10-14-15-11(18-10)13-5-6-17-8-7-16-2/h12H,3-9H2,1-2H3,(H,13,15). The molecule has 1 aromatic rings. The van der Waals surface area contributed by atoms with E-state index in [0.29, 0.717) is 44.8 Å². The van der Waals surface area contributed by atoms with Gasteiger partial charge in [-0.3, -0.25) is 0 Å². The molecular weight excluding hydrogens is 236 g/mol. The molecule has 0 amide bonds. The fourth-order valence-corrected chi connectivity index (χ4v) is 1.24. The number of anilines is 1. The molecule has 0 saturated heterocycles. The lowest BCUT2D eigenvalue weighted by Gasteiger charge is -2.03. The smallest absolute Gasteiger partial charge is 0.315 e. The van der Waals surface area contributed by atoms with Crippen molar-refractivity contribution in [1.29, 1.82) is 0 Å². The van der Waals surface area contributed by atoms with E-state index in [9.17, 15) is 0 Å². The van der Waals surface area contributed by atoms with Crippen LogP contribution in [0.2, 0.25) is 0 Å². The molecule has 0 aliphatic carbocycles. The van der Waals surface area contributed by atoms with Crippen molar-refractivity contribution in [3.63, 3.8) is 0 Å². The highest BCUT2D eigenvalue weighted by Gasteiger charge is 2.04. The van der Waals surface area contributed by atoms with E-state index in [1.165, 1.54) is 0 Å². The van der Waals surface area contributed by atoms with Gasteiger partial charge in [0.05, 0.1) is 26.4 Å². The number of ether oxygens (including phenoxy) is 2. The second-order valence-electron chi connectivity index (χ2n) is 3.71. The van der Waals surface area contributed by atoms with Crippen LogP contribution in [0.25, 0.3) is 0 Å². The number of hydrogen-bond donors (Lipinski definition) is 2. The van der Waals surface area contributed by atoms with Gasteiger partial charge in [-0.15, -0.1) is 5.10 Å². The maximum Gasteiger partial charge on any atom is 0.315 e. The minimum atomic E-state index is 0.429. The van der Waals surface area contributed by atoms with E-state index < -0.39 is 0 Å². The van der Waals surface area contributed by atoms with Crippen LogP contribution in [0.4, 0.5) is 6.01 Å². The monoisotopic (exact) mass is 258 g/mol. The summed E-state index contributed by atoms with van der Waals surface area (Å²) >= 11 is 0. The van der Waals surface area contributed by atoms with Crippen molar-refractivity contribution in [3.05, 3.63) is 5.89 Å². The molecule has 0 aromatic carbocycles. The molecule has 2 N–H and O–H groups in total. The first-order valence-electron chi connectivity index (χ1n) is 6.20. The Morgan fingerprint density at radius 1 is 1.17 bits per heavy atom. The Labute approximate surface area is 107 Å². The van der Waals surface area contributed by atoms with Gasteiger partial charge in [0.2, 0.25) is 5.89 Å². The summed E-state index contributed by atoms with van der Waals surface area (Å²) in [5, 5.41) is 14.0. The van der Waals surface area contributed by atoms with Gasteiger partial charge in [-0.05, 0) is 13.0 Å². The van der Waals surface area contributed by atoms with Crippen LogP contribution in [0.1, 0.15) is 19.2 Å². The summed E-state index contributed by atoms with van der Waals surface area (Å²) in [4.78, 5) is 0. The Morgan fingerprint density at radius 3 is 2.83 bits per heavy atom. The van der Waals surface area contributed by atoms with Gasteiger partial charge in [0.1, 0.15) is 0 Å². The van der Waals surface area contributed by atoms with Crippen LogP contribution in [0.15, 0.2) is 4.42 Å². The Bertz CT molecular complexity index is 306. The minimum Gasteiger partial charge on any atom is -0.407 e. The first-order valence-corrected chi connectivity index (χ1v) is 6.20. The lowest BCUT2D eigenvalue weighted by atomic mass is 10.5. The average molecular weight is 258 g/mol. The van der Waals surface area contributed by atoms with Gasteiger partial charge in [0, 0.05) is 13.7 Å². The Hall–Kier alpha value is -1.18. The Morgan fingerprint density at radius 2 is 2.06 bits per heavy atom. The van der Waals surface area contributed by atoms with Crippen molar-refractivity contribution in [2.45, 2.75) is 19.9 Å². The number of nitrogens with one attached hydrogen (secondary N) is 2. The lowest BCUT2D eigenvalue weighted by Crippen LogP contribution is -2.14. The van der Waals surface area contributed by atoms with Crippen molar-refractivity contribution in [3.8, 4) is 0 Å². The third kappa shape index (κ3) is 6.53. The van der Waals surface area contributed by atoms with Crippen LogP contribution in [-0.4, -0.2) is 50.2 Å². The molecule has 18 heavy (non-hydrogen) atoms. The Kier molecular flexibility index (Phi) is 8.11. The topological polar surface area (TPSA) is 81.4 Å². The highest BCUT2D eigenvalue weighted by molar-refractivity contribution is 5.16. The number of hydrogen-bond acceptors (Lipinski definition) is 7. The third-order valence-corrected chi connectivity index (χ3v) is 2.12. The number of rotatable bonds is 11. The van der Waals surface area contributed by atoms with Crippen LogP contribution < -0.4 is 10.6 Å². The summed E-state index contributed by atoms with van der Waals surface area (Å²) in [7, 11) is 1.65. The normalized spacial score (nSPS) is 10.8. The molecule has 0 aliphatic heterocycles. The van der Waals surface area contributed by atoms with Gasteiger partial charge in [0.15, 0.2) is 0 Å². The van der Waals surface area contributed by atoms with Crippen molar-refractivity contribution >= 4 is 6.01 Å². The van der Waals surface area contributed by atoms with E-state index in [1.54, 1.807) is 7.11 Å². The number of nitrogens with zero attached hydrogens (tertiary/aromatic N) is 2. The summed E-state index contributed by atoms with van der Waals surface area (Å²) < 4.78 is 15.5. The first-order chi connectivity index (χ1) is 8.86. The van der Waals surface area contributed by atoms with Crippen molar-refractivity contribution in [1.82, 2.24) is 15.5 Å². The predicted octanol–water partition coefficient (Wildman–Crippen LogP) is 0.644. The fourth-order valence-electron chi connectivity index (χ4n) is 1.24. The van der Waals surface area contributed by atoms with Gasteiger partial charge < -0.3 is 24.5 Å². The molecule has 0 bridgehead atoms. The summed E-state index contributed by atoms with van der Waals surface area (Å²) in [5.74, 6) is 0.589. The largest absolute Gasteiger partial charge is 0.407 e. The lowest BCUT2D eigenvalue weighted by molar-refractivity contribution is 0.0757. The molecule has 1 rings (SSSR count). The molecule has 104 valence electrons. The van der Waals surface area contributed by atoms with E-state index in [1.807, 2.05) is 0 Å². The van der Waals surface area contributed by atoms with Crippen LogP contribution in [-0.2, 0) is 16.0 Å². The molecule has 0 radical (unpaired) electrons. The maximum atomic E-state index is 5.38. The van der Waals surface area contributed by atoms with E-state index >= 15 is 0 Å². The molecule has 0 atom stereocenters. The molecule has 1 heterocycles. The van der Waals surface area contributed by atoms with Gasteiger partial charge in [0.25, 0.3) is 0 Å². The predicted molar refractivity (Wildman–Crippen MR) is 67.5 cm³/mol. The van der Waals surface area contributed by atoms with Crippen LogP contribution in [0.3, 0.4) is 0 Å². The molecule has 1 aromatic heterocycles. The highest BCUT2D eigenvalue weighted by atomic mass is 16.5. The zero-order valence-corrected chi connectivity index (χ0v) is 11.1. The Balaban J connectivity index is 2.07. The number of methoxy groups -OCH3 is 1. The second-order valence-corrected chi connectivity index (χ2v) is 3.71. The number of aromatic nitrogens is 2. The molecule has 7 nitrogen and oxygen atoms in total. The van der Waals surface area contributed by atoms with E-state index in [4.69, 9.17) is 13.9 Å². The van der Waals surface area contributed by atoms with Gasteiger partial charge in [-0.2, -0.15) is 0 Å². The molecule has 0 saturated carbocycles. The first kappa shape index (κ1) is 14.9. The van der Waals surface area contributed by atoms with Gasteiger partial charge >= 0.3 is 6.01 Å². The van der Waals surface area contributed by atoms with Crippen molar-refractivity contribution < 1.29 is 13.9 Å². The van der Waals surface area contributed by atoms with E-state index in [-0.39, 0.29) is 0 Å². The second kappa shape index (κ2) is 9.81. The average Bonchev–Trinajstić information content (AvgIpc) is 2.82. The summed E-state index contributed by atoms with van der Waals surface area (Å²) in [6, 6.07) is 0.429. The zero-order chi connectivity index (χ0) is 13.1. The molecule has 0 unspecified atom stereocenters. The van der Waals surface area contributed by atoms with Crippen LogP contribution >= 0.6 is 0 Å². The molecule has 0 spiro atoms. The third-order valence-electron chi connectivity index (χ3n) is 2.12. The quantitative estimate of drug-likeness (QED) is 0.564.